The maximum Gasteiger partial charge on any atom is 0.264 e. The summed E-state index contributed by atoms with van der Waals surface area (Å²) in [6, 6.07) is 26.3. The average Bonchev–Trinajstić information content (AvgIpc) is 3.97. The summed E-state index contributed by atoms with van der Waals surface area (Å²) < 4.78 is 36.7. The summed E-state index contributed by atoms with van der Waals surface area (Å²) in [4.78, 5) is 13.0. The standard InChI is InChI=1S/C27H30O4.C7H13NO.C6H13N.C5H12O3S/c1-20(18-29)19-31-26-14-10-24(11-15-26)27(21(2)22-6-4-3-5-7-22)23-8-12-25(13-9-23)30-17-16-28;1-5-6(9)8-7(2,3)4;1-6(2,3)7-4-5-7;1-5(2,3)8-9(4,6)7/h3-15,20,28-29H,16-19H2,1-2H3;5H,1H2,2-4H3,(H,8,9);4-5H2,1-3H3;1-4H3/b27-21-;;;. The summed E-state index contributed by atoms with van der Waals surface area (Å²) in [5, 5.41) is 20.9. The number of ether oxygens (including phenoxy) is 2. The average molecular weight is 797 g/mol. The lowest BCUT2D eigenvalue weighted by atomic mass is 9.90. The molecule has 11 heteroatoms. The van der Waals surface area contributed by atoms with Gasteiger partial charge < -0.3 is 25.0 Å². The van der Waals surface area contributed by atoms with E-state index in [4.69, 9.17) is 14.6 Å². The molecule has 1 atom stereocenters. The van der Waals surface area contributed by atoms with Gasteiger partial charge in [-0.2, -0.15) is 8.42 Å². The van der Waals surface area contributed by atoms with Crippen molar-refractivity contribution in [1.29, 1.82) is 0 Å². The number of rotatable bonds is 12. The number of aliphatic hydroxyl groups excluding tert-OH is 2. The molecule has 0 aromatic heterocycles. The van der Waals surface area contributed by atoms with E-state index in [0.29, 0.717) is 12.1 Å². The van der Waals surface area contributed by atoms with Crippen molar-refractivity contribution < 1.29 is 37.1 Å². The van der Waals surface area contributed by atoms with Gasteiger partial charge in [-0.15, -0.1) is 0 Å². The van der Waals surface area contributed by atoms with E-state index in [-0.39, 0.29) is 37.2 Å². The Morgan fingerprint density at radius 2 is 1.30 bits per heavy atom. The Bertz CT molecular complexity index is 1730. The number of hydrogen-bond acceptors (Lipinski definition) is 9. The normalized spacial score (nSPS) is 13.8. The molecule has 1 fully saturated rings. The summed E-state index contributed by atoms with van der Waals surface area (Å²) in [5.74, 6) is 1.49. The van der Waals surface area contributed by atoms with Crippen LogP contribution >= 0.6 is 0 Å². The third-order valence-electron chi connectivity index (χ3n) is 7.55. The Labute approximate surface area is 337 Å². The number of carbonyl (C=O) groups is 1. The predicted octanol–water partition coefficient (Wildman–Crippen LogP) is 7.99. The van der Waals surface area contributed by atoms with Crippen molar-refractivity contribution >= 4 is 27.2 Å². The van der Waals surface area contributed by atoms with Crippen molar-refractivity contribution in [2.75, 3.05) is 45.8 Å². The molecule has 1 saturated heterocycles. The zero-order valence-electron chi connectivity index (χ0n) is 35.8. The lowest BCUT2D eigenvalue weighted by Gasteiger charge is -2.18. The molecule has 56 heavy (non-hydrogen) atoms. The molecule has 10 nitrogen and oxygen atoms in total. The molecule has 4 rings (SSSR count). The highest BCUT2D eigenvalue weighted by atomic mass is 32.2. The Kier molecular flexibility index (Phi) is 20.8. The highest BCUT2D eigenvalue weighted by Gasteiger charge is 2.29. The number of nitrogens with zero attached hydrogens (tertiary/aromatic N) is 1. The van der Waals surface area contributed by atoms with Gasteiger partial charge in [-0.05, 0) is 127 Å². The van der Waals surface area contributed by atoms with Gasteiger partial charge in [0.2, 0.25) is 5.91 Å². The topological polar surface area (TPSA) is 134 Å². The summed E-state index contributed by atoms with van der Waals surface area (Å²) in [6.45, 7) is 28.5. The minimum absolute atomic E-state index is 0.00841. The fourth-order valence-corrected chi connectivity index (χ4v) is 5.83. The number of aliphatic hydroxyl groups is 2. The molecule has 1 amide bonds. The zero-order chi connectivity index (χ0) is 42.7. The van der Waals surface area contributed by atoms with E-state index in [0.717, 1.165) is 40.0 Å². The molecule has 1 aliphatic rings. The van der Waals surface area contributed by atoms with Crippen LogP contribution < -0.4 is 14.8 Å². The number of nitrogens with one attached hydrogen (secondary N) is 1. The second-order valence-corrected chi connectivity index (χ2v) is 18.2. The first-order valence-corrected chi connectivity index (χ1v) is 20.8. The number of hydrogen-bond donors (Lipinski definition) is 3. The molecule has 1 unspecified atom stereocenters. The minimum atomic E-state index is -3.28. The van der Waals surface area contributed by atoms with Crippen LogP contribution in [0.5, 0.6) is 11.5 Å². The van der Waals surface area contributed by atoms with Gasteiger partial charge in [0.1, 0.15) is 18.1 Å². The Morgan fingerprint density at radius 1 is 0.821 bits per heavy atom. The lowest BCUT2D eigenvalue weighted by molar-refractivity contribution is -0.117. The molecule has 0 aliphatic carbocycles. The molecule has 0 saturated carbocycles. The fourth-order valence-electron chi connectivity index (χ4n) is 4.92. The first-order valence-electron chi connectivity index (χ1n) is 18.9. The van der Waals surface area contributed by atoms with Gasteiger partial charge in [0, 0.05) is 36.7 Å². The summed E-state index contributed by atoms with van der Waals surface area (Å²) in [7, 11) is -3.28. The Morgan fingerprint density at radius 3 is 1.61 bits per heavy atom. The fraction of sp³-hybridized carbons (Fsp3) is 0.489. The van der Waals surface area contributed by atoms with E-state index < -0.39 is 15.7 Å². The summed E-state index contributed by atoms with van der Waals surface area (Å²) in [6.07, 6.45) is 2.31. The van der Waals surface area contributed by atoms with Crippen molar-refractivity contribution in [1.82, 2.24) is 10.2 Å². The molecule has 3 aromatic carbocycles. The van der Waals surface area contributed by atoms with Crippen LogP contribution in [0.15, 0.2) is 91.5 Å². The summed E-state index contributed by atoms with van der Waals surface area (Å²) in [5.41, 5.74) is 5.34. The van der Waals surface area contributed by atoms with Crippen molar-refractivity contribution in [3.8, 4) is 11.5 Å². The van der Waals surface area contributed by atoms with Crippen LogP contribution in [0.25, 0.3) is 11.1 Å². The van der Waals surface area contributed by atoms with Crippen LogP contribution in [0.3, 0.4) is 0 Å². The number of allylic oxidation sites excluding steroid dienone is 1. The predicted molar refractivity (Wildman–Crippen MR) is 230 cm³/mol. The van der Waals surface area contributed by atoms with Crippen LogP contribution in [0, 0.1) is 5.92 Å². The van der Waals surface area contributed by atoms with Crippen LogP contribution in [-0.4, -0.2) is 91.9 Å². The highest BCUT2D eigenvalue weighted by molar-refractivity contribution is 7.86. The van der Waals surface area contributed by atoms with E-state index in [1.807, 2.05) is 82.3 Å². The first kappa shape index (κ1) is 50.0. The molecule has 0 bridgehead atoms. The monoisotopic (exact) mass is 796 g/mol. The molecule has 1 heterocycles. The minimum Gasteiger partial charge on any atom is -0.493 e. The molecule has 312 valence electrons. The quantitative estimate of drug-likeness (QED) is 0.0722. The van der Waals surface area contributed by atoms with Crippen molar-refractivity contribution in [2.24, 2.45) is 5.92 Å². The SMILES string of the molecule is C/C(=C(\c1ccc(OCCO)cc1)c1ccc(OCC(C)CO)cc1)c1ccccc1.C=CC(=O)NC(C)(C)C.CC(C)(C)N1CC1.CC(C)(C)OS(C)(=O)=O. The molecule has 0 radical (unpaired) electrons. The highest BCUT2D eigenvalue weighted by Crippen LogP contribution is 2.34. The van der Waals surface area contributed by atoms with Crippen molar-refractivity contribution in [3.63, 3.8) is 0 Å². The van der Waals surface area contributed by atoms with Crippen LogP contribution in [0.2, 0.25) is 0 Å². The largest absolute Gasteiger partial charge is 0.493 e. The number of benzene rings is 3. The molecule has 0 spiro atoms. The molecular formula is C45H68N2O8S. The second-order valence-electron chi connectivity index (χ2n) is 16.6. The molecule has 3 N–H and O–H groups in total. The maximum atomic E-state index is 10.6. The van der Waals surface area contributed by atoms with E-state index in [2.05, 4.69) is 72.9 Å². The summed E-state index contributed by atoms with van der Waals surface area (Å²) >= 11 is 0. The van der Waals surface area contributed by atoms with E-state index >= 15 is 0 Å². The van der Waals surface area contributed by atoms with Crippen molar-refractivity contribution in [3.05, 3.63) is 108 Å². The van der Waals surface area contributed by atoms with Crippen molar-refractivity contribution in [2.45, 2.75) is 92.8 Å². The Hall–Kier alpha value is -4.00. The van der Waals surface area contributed by atoms with Crippen LogP contribution in [0.1, 0.15) is 92.9 Å². The second kappa shape index (κ2) is 23.3. The number of amides is 1. The van der Waals surface area contributed by atoms with Gasteiger partial charge in [-0.3, -0.25) is 13.9 Å². The third kappa shape index (κ3) is 22.5. The van der Waals surface area contributed by atoms with Crippen LogP contribution in [-0.2, 0) is 19.1 Å². The van der Waals surface area contributed by atoms with E-state index in [1.165, 1.54) is 24.7 Å². The smallest absolute Gasteiger partial charge is 0.264 e. The first-order chi connectivity index (χ1) is 25.9. The molecule has 3 aromatic rings. The van der Waals surface area contributed by atoms with Gasteiger partial charge in [0.05, 0.1) is 25.1 Å². The van der Waals surface area contributed by atoms with Crippen LogP contribution in [0.4, 0.5) is 0 Å². The Balaban J connectivity index is 0.000000505. The van der Waals surface area contributed by atoms with Gasteiger partial charge in [-0.25, -0.2) is 0 Å². The van der Waals surface area contributed by atoms with E-state index in [9.17, 15) is 18.3 Å². The third-order valence-corrected chi connectivity index (χ3v) is 8.36. The lowest BCUT2D eigenvalue weighted by Crippen LogP contribution is -2.39. The van der Waals surface area contributed by atoms with Gasteiger partial charge in [0.15, 0.2) is 0 Å². The maximum absolute atomic E-state index is 10.6. The van der Waals surface area contributed by atoms with E-state index in [1.54, 1.807) is 20.8 Å². The van der Waals surface area contributed by atoms with Gasteiger partial charge in [0.25, 0.3) is 10.1 Å². The zero-order valence-corrected chi connectivity index (χ0v) is 36.6. The van der Waals surface area contributed by atoms with Gasteiger partial charge >= 0.3 is 0 Å². The molecule has 1 aliphatic heterocycles. The molecular weight excluding hydrogens is 729 g/mol. The number of carbonyl (C=O) groups excluding carboxylic acids is 1. The van der Waals surface area contributed by atoms with Gasteiger partial charge in [-0.1, -0.05) is 68.1 Å².